The van der Waals surface area contributed by atoms with Crippen LogP contribution in [-0.4, -0.2) is 46.1 Å². The number of aliphatic hydroxyl groups is 1. The minimum Gasteiger partial charge on any atom is -0.389 e. The smallest absolute Gasteiger partial charge is 0.223 e. The molecule has 1 aliphatic heterocycles. The molecule has 1 unspecified atom stereocenters. The van der Waals surface area contributed by atoms with Gasteiger partial charge in [0.2, 0.25) is 5.91 Å². The molecule has 1 fully saturated rings. The van der Waals surface area contributed by atoms with Gasteiger partial charge in [-0.25, -0.2) is 0 Å². The van der Waals surface area contributed by atoms with Crippen molar-refractivity contribution >= 4 is 17.7 Å². The molecule has 135 valence electrons. The Bertz CT molecular complexity index is 524. The summed E-state index contributed by atoms with van der Waals surface area (Å²) in [4.78, 5) is 14.2. The summed E-state index contributed by atoms with van der Waals surface area (Å²) in [6.07, 6.45) is 7.47. The largest absolute Gasteiger partial charge is 0.389 e. The fourth-order valence-electron chi connectivity index (χ4n) is 2.98. The Balaban J connectivity index is 0.00000312. The molecule has 1 heterocycles. The summed E-state index contributed by atoms with van der Waals surface area (Å²) in [5.41, 5.74) is 1.12. The van der Waals surface area contributed by atoms with Gasteiger partial charge < -0.3 is 16.9 Å². The van der Waals surface area contributed by atoms with E-state index in [9.17, 15) is 9.90 Å². The zero-order valence-corrected chi connectivity index (χ0v) is 18.5. The number of hydrogen-bond donors (Lipinski definition) is 1. The summed E-state index contributed by atoms with van der Waals surface area (Å²) in [6.45, 7) is 4.63. The van der Waals surface area contributed by atoms with Gasteiger partial charge in [0, 0.05) is 57.8 Å². The number of likely N-dealkylation sites (tertiary alicyclic amines) is 1. The van der Waals surface area contributed by atoms with Crippen molar-refractivity contribution < 1.29 is 42.6 Å². The van der Waals surface area contributed by atoms with Gasteiger partial charge in [0.05, 0.1) is 12.1 Å². The molecule has 1 amide bonds. The van der Waals surface area contributed by atoms with Crippen LogP contribution in [0, 0.1) is 6.92 Å². The van der Waals surface area contributed by atoms with Crippen molar-refractivity contribution in [1.29, 1.82) is 0 Å². The van der Waals surface area contributed by atoms with Gasteiger partial charge in [0.25, 0.3) is 0 Å². The van der Waals surface area contributed by atoms with Gasteiger partial charge in [-0.3, -0.25) is 4.79 Å². The van der Waals surface area contributed by atoms with Gasteiger partial charge in [-0.1, -0.05) is 42.5 Å². The molecule has 2 atom stereocenters. The number of benzene rings is 1. The number of carbonyl (C=O) groups is 1. The normalized spacial score (nSPS) is 19.0. The number of carbonyl (C=O) groups excluding carboxylic acids is 1. The molecule has 25 heavy (non-hydrogen) atoms. The average molecular weight is 435 g/mol. The molecule has 0 bridgehead atoms. The Morgan fingerprint density at radius 3 is 2.80 bits per heavy atom. The molecule has 3 nitrogen and oxygen atoms in total. The molecule has 0 aromatic heterocycles. The number of nitrogens with zero attached hydrogens (tertiary/aromatic N) is 1. The SMILES string of the molecule is [CH2-]CCSCCN1C(=O)CCC[C@@H]1/C=C/C(O)Cc1ccccc1.[Y]. The van der Waals surface area contributed by atoms with E-state index in [-0.39, 0.29) is 44.7 Å². The quantitative estimate of drug-likeness (QED) is 0.367. The first-order chi connectivity index (χ1) is 11.7. The summed E-state index contributed by atoms with van der Waals surface area (Å²) in [5.74, 6) is 2.24. The van der Waals surface area contributed by atoms with Crippen LogP contribution in [0.2, 0.25) is 0 Å². The van der Waals surface area contributed by atoms with E-state index in [1.54, 1.807) is 0 Å². The topological polar surface area (TPSA) is 40.5 Å². The molecule has 1 aromatic carbocycles. The van der Waals surface area contributed by atoms with Gasteiger partial charge in [-0.05, 0) is 24.2 Å². The number of amides is 1. The Labute approximate surface area is 181 Å². The van der Waals surface area contributed by atoms with E-state index in [0.717, 1.165) is 42.9 Å². The Hall–Kier alpha value is -0.156. The molecule has 1 aliphatic rings. The zero-order valence-electron chi connectivity index (χ0n) is 14.8. The van der Waals surface area contributed by atoms with Gasteiger partial charge in [0.15, 0.2) is 0 Å². The number of hydrogen-bond acceptors (Lipinski definition) is 3. The first kappa shape index (κ1) is 22.9. The minimum atomic E-state index is -0.508. The summed E-state index contributed by atoms with van der Waals surface area (Å²) < 4.78 is 0. The molecule has 2 rings (SSSR count). The van der Waals surface area contributed by atoms with E-state index in [1.807, 2.05) is 59.1 Å². The maximum Gasteiger partial charge on any atom is 0.223 e. The van der Waals surface area contributed by atoms with Gasteiger partial charge in [0.1, 0.15) is 0 Å². The average Bonchev–Trinajstić information content (AvgIpc) is 2.59. The van der Waals surface area contributed by atoms with Gasteiger partial charge >= 0.3 is 0 Å². The van der Waals surface area contributed by atoms with Gasteiger partial charge in [-0.15, -0.1) is 0 Å². The van der Waals surface area contributed by atoms with Crippen LogP contribution in [0.15, 0.2) is 42.5 Å². The van der Waals surface area contributed by atoms with E-state index in [2.05, 4.69) is 6.92 Å². The van der Waals surface area contributed by atoms with Crippen molar-refractivity contribution in [2.45, 2.75) is 44.2 Å². The molecule has 5 heteroatoms. The molecule has 0 spiro atoms. The third-order valence-electron chi connectivity index (χ3n) is 4.22. The summed E-state index contributed by atoms with van der Waals surface area (Å²) in [6, 6.07) is 10.1. The van der Waals surface area contributed by atoms with Crippen molar-refractivity contribution in [2.75, 3.05) is 18.1 Å². The van der Waals surface area contributed by atoms with Crippen molar-refractivity contribution in [3.63, 3.8) is 0 Å². The first-order valence-corrected chi connectivity index (χ1v) is 9.93. The second-order valence-electron chi connectivity index (χ2n) is 6.15. The van der Waals surface area contributed by atoms with E-state index in [0.29, 0.717) is 12.8 Å². The molecule has 0 saturated carbocycles. The van der Waals surface area contributed by atoms with Crippen LogP contribution in [0.5, 0.6) is 0 Å². The number of aliphatic hydroxyl groups excluding tert-OH is 1. The van der Waals surface area contributed by atoms with Crippen LogP contribution < -0.4 is 0 Å². The molecule has 1 saturated heterocycles. The standard InChI is InChI=1S/C20H28NO2S.Y/c1-2-14-24-15-13-21-18(9-6-10-20(21)23)11-12-19(22)16-17-7-4-3-5-8-17;/h3-5,7-8,11-12,18-19,22H,1-2,6,9-10,13-16H2;/q-1;/b12-11+;/t18-,19?;/m1./s1. The fourth-order valence-corrected chi connectivity index (χ4v) is 3.72. The van der Waals surface area contributed by atoms with Crippen LogP contribution in [0.4, 0.5) is 0 Å². The molecule has 1 radical (unpaired) electrons. The Kier molecular flexibility index (Phi) is 12.0. The molecule has 1 N–H and O–H groups in total. The van der Waals surface area contributed by atoms with Crippen molar-refractivity contribution in [3.05, 3.63) is 55.0 Å². The third-order valence-corrected chi connectivity index (χ3v) is 5.27. The number of rotatable bonds is 9. The molecule has 0 aliphatic carbocycles. The molecule has 1 aromatic rings. The van der Waals surface area contributed by atoms with Crippen molar-refractivity contribution in [1.82, 2.24) is 4.90 Å². The van der Waals surface area contributed by atoms with Crippen LogP contribution >= 0.6 is 11.8 Å². The first-order valence-electron chi connectivity index (χ1n) is 8.77. The molecular formula is C20H28NO2SY-. The minimum absolute atomic E-state index is 0. The van der Waals surface area contributed by atoms with E-state index in [4.69, 9.17) is 0 Å². The monoisotopic (exact) mass is 435 g/mol. The van der Waals surface area contributed by atoms with Crippen molar-refractivity contribution in [2.24, 2.45) is 0 Å². The zero-order chi connectivity index (χ0) is 17.2. The van der Waals surface area contributed by atoms with Gasteiger partial charge in [-0.2, -0.15) is 18.2 Å². The van der Waals surface area contributed by atoms with E-state index < -0.39 is 6.10 Å². The van der Waals surface area contributed by atoms with E-state index >= 15 is 0 Å². The van der Waals surface area contributed by atoms with Crippen molar-refractivity contribution in [3.8, 4) is 0 Å². The third kappa shape index (κ3) is 8.38. The van der Waals surface area contributed by atoms with Crippen LogP contribution in [0.1, 0.15) is 31.2 Å². The number of piperidine rings is 1. The summed E-state index contributed by atoms with van der Waals surface area (Å²) in [5, 5.41) is 10.2. The summed E-state index contributed by atoms with van der Waals surface area (Å²) >= 11 is 1.85. The second kappa shape index (κ2) is 13.1. The predicted molar refractivity (Wildman–Crippen MR) is 102 cm³/mol. The molecular weight excluding hydrogens is 407 g/mol. The number of thioether (sulfide) groups is 1. The maximum atomic E-state index is 12.2. The predicted octanol–water partition coefficient (Wildman–Crippen LogP) is 3.48. The second-order valence-corrected chi connectivity index (χ2v) is 7.38. The van der Waals surface area contributed by atoms with Crippen LogP contribution in [0.25, 0.3) is 0 Å². The Morgan fingerprint density at radius 2 is 2.08 bits per heavy atom. The summed E-state index contributed by atoms with van der Waals surface area (Å²) in [7, 11) is 0. The fraction of sp³-hybridized carbons (Fsp3) is 0.500. The van der Waals surface area contributed by atoms with Crippen LogP contribution in [-0.2, 0) is 43.9 Å². The maximum absolute atomic E-state index is 12.2. The van der Waals surface area contributed by atoms with E-state index in [1.165, 1.54) is 0 Å². The van der Waals surface area contributed by atoms with Crippen LogP contribution in [0.3, 0.4) is 0 Å². The Morgan fingerprint density at radius 1 is 1.32 bits per heavy atom.